The molecule has 10 aromatic carbocycles. The first-order valence-electron chi connectivity index (χ1n) is 23.6. The molecule has 4 heteroatoms. The van der Waals surface area contributed by atoms with Crippen molar-refractivity contribution in [2.24, 2.45) is 11.8 Å². The largest absolute Gasteiger partial charge is 0.184 e. The first-order valence-corrected chi connectivity index (χ1v) is 31.0. The van der Waals surface area contributed by atoms with Crippen LogP contribution in [0.1, 0.15) is 49.9 Å². The topological polar surface area (TPSA) is 0 Å². The van der Waals surface area contributed by atoms with Gasteiger partial charge in [-0.2, -0.15) is 41.6 Å². The molecule has 10 aromatic rings. The third-order valence-corrected chi connectivity index (χ3v) is 13.9. The minimum atomic E-state index is -0.826. The van der Waals surface area contributed by atoms with E-state index in [2.05, 4.69) is 242 Å². The summed E-state index contributed by atoms with van der Waals surface area (Å²) in [6, 6.07) is 75.7. The van der Waals surface area contributed by atoms with Crippen LogP contribution in [0.4, 0.5) is 0 Å². The number of hydrogen-bond acceptors (Lipinski definition) is 0. The van der Waals surface area contributed by atoms with Gasteiger partial charge in [-0.3, -0.25) is 0 Å². The van der Waals surface area contributed by atoms with Crippen LogP contribution in [0, 0.1) is 31.7 Å². The molecule has 0 fully saturated rings. The first-order chi connectivity index (χ1) is 33.1. The molecule has 1 aliphatic heterocycles. The quantitative estimate of drug-likeness (QED) is 0.105. The van der Waals surface area contributed by atoms with Crippen LogP contribution in [-0.2, 0) is 33.7 Å². The van der Waals surface area contributed by atoms with E-state index in [4.69, 9.17) is 17.0 Å². The van der Waals surface area contributed by atoms with Gasteiger partial charge >= 0.3 is 37.9 Å². The third kappa shape index (κ3) is 11.6. The molecule has 0 spiro atoms. The molecule has 0 saturated heterocycles. The molecule has 1 heterocycles. The molecule has 0 unspecified atom stereocenters. The van der Waals surface area contributed by atoms with Crippen molar-refractivity contribution in [2.45, 2.75) is 54.4 Å². The van der Waals surface area contributed by atoms with Crippen LogP contribution in [0.25, 0.3) is 77.2 Å². The summed E-state index contributed by atoms with van der Waals surface area (Å²) in [5, 5.41) is 8.28. The molecule has 0 saturated carbocycles. The summed E-state index contributed by atoms with van der Waals surface area (Å²) >= 11 is -0.826. The van der Waals surface area contributed by atoms with Crippen molar-refractivity contribution in [1.29, 1.82) is 0 Å². The van der Waals surface area contributed by atoms with E-state index in [0.29, 0.717) is 11.8 Å². The van der Waals surface area contributed by atoms with Crippen molar-refractivity contribution in [2.75, 3.05) is 0 Å². The fourth-order valence-electron chi connectivity index (χ4n) is 9.67. The maximum absolute atomic E-state index is 4.93. The Kier molecular flexibility index (Phi) is 16.8. The number of fused-ring (bicyclic) bond motifs is 5. The average Bonchev–Trinajstić information content (AvgIpc) is 4.07. The SMILES string of the molecule is Cc1ccc2[cH-]c(CC(C)C)cc2c1-c1ccccc1-c1ccccc1.Cc1ccc2[cH-]c(CC(C)C)cc2c1-c1ccccc1-c1ccccc1.[Cl][Zr][Cl].[c-]1cccc2c1[Si]c1ccccc1-2. The standard InChI is InChI=1S/2C26H25.C12H7Si.2ClH.Zr/c2*1-18(2)15-20-16-22-14-13-19(3)26(25(22)17-20)24-12-8-7-11-23(24)21-9-5-4-6-10-21;1-3-7-11-9(5-1)10-6-2-4-8-12(10)13-11;;;/h2*4-14,16-18H,15H2,1-3H3;1-7H;2*1H;/q3*-1;;;+2/p-2. The summed E-state index contributed by atoms with van der Waals surface area (Å²) in [5.41, 5.74) is 18.9. The minimum Gasteiger partial charge on any atom is -0.184 e. The van der Waals surface area contributed by atoms with E-state index in [1.807, 2.05) is 6.07 Å². The zero-order valence-corrected chi connectivity index (χ0v) is 44.8. The van der Waals surface area contributed by atoms with E-state index in [-0.39, 0.29) is 0 Å². The average molecular weight is 1020 g/mol. The van der Waals surface area contributed by atoms with Crippen LogP contribution < -0.4 is 10.4 Å². The Labute approximate surface area is 426 Å². The van der Waals surface area contributed by atoms with Gasteiger partial charge in [0.1, 0.15) is 0 Å². The van der Waals surface area contributed by atoms with Crippen molar-refractivity contribution < 1.29 is 20.8 Å². The van der Waals surface area contributed by atoms with Crippen molar-refractivity contribution in [3.8, 4) is 55.6 Å². The number of rotatable bonds is 8. The van der Waals surface area contributed by atoms with Crippen LogP contribution >= 0.6 is 17.0 Å². The zero-order chi connectivity index (χ0) is 47.6. The molecule has 338 valence electrons. The van der Waals surface area contributed by atoms with Gasteiger partial charge in [-0.25, -0.2) is 0 Å². The number of benzene rings is 8. The Balaban J connectivity index is 0.000000140. The minimum absolute atomic E-state index is 0.674. The monoisotopic (exact) mass is 1010 g/mol. The van der Waals surface area contributed by atoms with Crippen LogP contribution in [0.15, 0.2) is 200 Å². The van der Waals surface area contributed by atoms with Gasteiger partial charge in [0.15, 0.2) is 0 Å². The summed E-state index contributed by atoms with van der Waals surface area (Å²) < 4.78 is 0. The maximum atomic E-state index is 4.93. The molecule has 0 N–H and O–H groups in total. The number of hydrogen-bond donors (Lipinski definition) is 0. The van der Waals surface area contributed by atoms with E-state index in [9.17, 15) is 0 Å². The van der Waals surface area contributed by atoms with Gasteiger partial charge in [0.2, 0.25) is 0 Å². The Morgan fingerprint density at radius 1 is 0.471 bits per heavy atom. The summed E-state index contributed by atoms with van der Waals surface area (Å²) in [4.78, 5) is 0. The van der Waals surface area contributed by atoms with Crippen molar-refractivity contribution in [1.82, 2.24) is 0 Å². The second kappa shape index (κ2) is 23.3. The second-order valence-electron chi connectivity index (χ2n) is 18.5. The smallest absolute Gasteiger partial charge is 0.0920 e. The molecule has 0 bridgehead atoms. The zero-order valence-electron chi connectivity index (χ0n) is 39.9. The molecule has 0 amide bonds. The summed E-state index contributed by atoms with van der Waals surface area (Å²) in [5.74, 6) is 1.35. The summed E-state index contributed by atoms with van der Waals surface area (Å²) in [6.07, 6.45) is 2.26. The fraction of sp³-hybridized carbons (Fsp3) is 0.156. The predicted molar refractivity (Wildman–Crippen MR) is 295 cm³/mol. The van der Waals surface area contributed by atoms with E-state index in [0.717, 1.165) is 22.4 Å². The van der Waals surface area contributed by atoms with Gasteiger partial charge in [0.05, 0.1) is 9.52 Å². The first kappa shape index (κ1) is 49.1. The molecule has 68 heavy (non-hydrogen) atoms. The van der Waals surface area contributed by atoms with Crippen molar-refractivity contribution >= 4 is 58.5 Å². The van der Waals surface area contributed by atoms with Gasteiger partial charge in [0.25, 0.3) is 0 Å². The Bertz CT molecular complexity index is 3010. The molecule has 0 aromatic heterocycles. The van der Waals surface area contributed by atoms with Crippen molar-refractivity contribution in [3.63, 3.8) is 0 Å². The number of halogens is 2. The Morgan fingerprint density at radius 2 is 0.868 bits per heavy atom. The van der Waals surface area contributed by atoms with Gasteiger partial charge in [-0.05, 0) is 71.9 Å². The molecular weight excluding hydrogens is 959 g/mol. The molecule has 11 rings (SSSR count). The van der Waals surface area contributed by atoms with Crippen LogP contribution in [0.2, 0.25) is 0 Å². The predicted octanol–water partition coefficient (Wildman–Crippen LogP) is 17.3. The molecule has 0 aliphatic carbocycles. The number of aryl methyl sites for hydroxylation is 2. The fourth-order valence-corrected chi connectivity index (χ4v) is 11.0. The van der Waals surface area contributed by atoms with E-state index >= 15 is 0 Å². The Morgan fingerprint density at radius 3 is 1.32 bits per heavy atom. The van der Waals surface area contributed by atoms with Crippen molar-refractivity contribution in [3.05, 3.63) is 229 Å². The van der Waals surface area contributed by atoms with E-state index in [1.54, 1.807) is 0 Å². The van der Waals surface area contributed by atoms with Crippen LogP contribution in [-0.4, -0.2) is 9.52 Å². The molecule has 2 radical (unpaired) electrons. The van der Waals surface area contributed by atoms with E-state index in [1.165, 1.54) is 110 Å². The maximum Gasteiger partial charge on any atom is 0.0920 e. The Hall–Kier alpha value is -5.34. The van der Waals surface area contributed by atoms with Gasteiger partial charge < -0.3 is 0 Å². The van der Waals surface area contributed by atoms with E-state index < -0.39 is 20.8 Å². The molecule has 0 atom stereocenters. The molecule has 1 aliphatic rings. The van der Waals surface area contributed by atoms with Gasteiger partial charge in [-0.15, -0.1) is 74.6 Å². The van der Waals surface area contributed by atoms with Crippen LogP contribution in [0.5, 0.6) is 0 Å². The van der Waals surface area contributed by atoms with Gasteiger partial charge in [0, 0.05) is 0 Å². The normalized spacial score (nSPS) is 11.3. The van der Waals surface area contributed by atoms with Gasteiger partial charge in [-0.1, -0.05) is 194 Å². The molecule has 0 nitrogen and oxygen atoms in total. The summed E-state index contributed by atoms with van der Waals surface area (Å²) in [7, 11) is 10.7. The van der Waals surface area contributed by atoms with Crippen LogP contribution in [0.3, 0.4) is 0 Å². The molecular formula is C64H57Cl2SiZr-3. The second-order valence-corrected chi connectivity index (χ2v) is 23.5. The third-order valence-electron chi connectivity index (χ3n) is 12.5. The summed E-state index contributed by atoms with van der Waals surface area (Å²) in [6.45, 7) is 13.6.